The number of anilines is 1. The predicted molar refractivity (Wildman–Crippen MR) is 122 cm³/mol. The molecule has 0 fully saturated rings. The minimum atomic E-state index is -0.0418. The lowest BCUT2D eigenvalue weighted by molar-refractivity contribution is -0.113. The number of carbonyl (C=O) groups is 1. The number of benzene rings is 2. The fourth-order valence-electron chi connectivity index (χ4n) is 2.76. The smallest absolute Gasteiger partial charge is 0.234 e. The molecule has 1 aromatic heterocycles. The number of thioether (sulfide) groups is 2. The third-order valence-electron chi connectivity index (χ3n) is 4.40. The molecule has 1 heterocycles. The van der Waals surface area contributed by atoms with Gasteiger partial charge in [-0.05, 0) is 38.5 Å². The summed E-state index contributed by atoms with van der Waals surface area (Å²) in [6.07, 6.45) is 0. The molecule has 0 unspecified atom stereocenters. The van der Waals surface area contributed by atoms with E-state index in [1.807, 2.05) is 43.0 Å². The Bertz CT molecular complexity index is 936. The predicted octanol–water partition coefficient (Wildman–Crippen LogP) is 5.08. The maximum atomic E-state index is 12.2. The van der Waals surface area contributed by atoms with Gasteiger partial charge >= 0.3 is 0 Å². The standard InChI is InChI=1S/C22H26N4OS2/c1-4-26-20(14-28-13-18-9-5-16(2)6-10-18)24-25-22(26)29-15-21(27)23-19-11-7-17(3)8-12-19/h5-12H,4,13-15H2,1-3H3,(H,23,27). The summed E-state index contributed by atoms with van der Waals surface area (Å²) in [6, 6.07) is 16.4. The van der Waals surface area contributed by atoms with Crippen molar-refractivity contribution in [1.29, 1.82) is 0 Å². The molecule has 0 radical (unpaired) electrons. The largest absolute Gasteiger partial charge is 0.325 e. The van der Waals surface area contributed by atoms with Crippen LogP contribution in [0.2, 0.25) is 0 Å². The van der Waals surface area contributed by atoms with Crippen molar-refractivity contribution >= 4 is 35.1 Å². The molecular formula is C22H26N4OS2. The number of aromatic nitrogens is 3. The van der Waals surface area contributed by atoms with Gasteiger partial charge in [0.05, 0.1) is 11.5 Å². The van der Waals surface area contributed by atoms with Crippen molar-refractivity contribution in [3.8, 4) is 0 Å². The van der Waals surface area contributed by atoms with Gasteiger partial charge in [0.15, 0.2) is 5.16 Å². The highest BCUT2D eigenvalue weighted by Crippen LogP contribution is 2.22. The van der Waals surface area contributed by atoms with Crippen LogP contribution in [0, 0.1) is 13.8 Å². The normalized spacial score (nSPS) is 10.9. The van der Waals surface area contributed by atoms with Gasteiger partial charge in [-0.3, -0.25) is 4.79 Å². The third-order valence-corrected chi connectivity index (χ3v) is 6.36. The lowest BCUT2D eigenvalue weighted by Gasteiger charge is -2.08. The van der Waals surface area contributed by atoms with Crippen LogP contribution in [-0.2, 0) is 22.8 Å². The zero-order chi connectivity index (χ0) is 20.6. The first-order valence-corrected chi connectivity index (χ1v) is 11.7. The van der Waals surface area contributed by atoms with Gasteiger partial charge in [-0.15, -0.1) is 22.0 Å². The lowest BCUT2D eigenvalue weighted by atomic mass is 10.2. The SMILES string of the molecule is CCn1c(CSCc2ccc(C)cc2)nnc1SCC(=O)Nc1ccc(C)cc1. The van der Waals surface area contributed by atoms with Gasteiger partial charge in [0.25, 0.3) is 0 Å². The molecule has 5 nitrogen and oxygen atoms in total. The topological polar surface area (TPSA) is 59.8 Å². The second-order valence-electron chi connectivity index (χ2n) is 6.82. The molecule has 0 aliphatic rings. The molecule has 0 saturated heterocycles. The van der Waals surface area contributed by atoms with E-state index in [4.69, 9.17) is 0 Å². The Hall–Kier alpha value is -2.25. The second-order valence-corrected chi connectivity index (χ2v) is 8.75. The Morgan fingerprint density at radius 3 is 2.28 bits per heavy atom. The molecule has 0 saturated carbocycles. The van der Waals surface area contributed by atoms with E-state index in [0.29, 0.717) is 5.75 Å². The lowest BCUT2D eigenvalue weighted by Crippen LogP contribution is -2.14. The molecule has 3 rings (SSSR count). The minimum absolute atomic E-state index is 0.0418. The Kier molecular flexibility index (Phi) is 7.77. The molecule has 29 heavy (non-hydrogen) atoms. The average Bonchev–Trinajstić information content (AvgIpc) is 3.11. The van der Waals surface area contributed by atoms with E-state index in [9.17, 15) is 4.79 Å². The van der Waals surface area contributed by atoms with E-state index in [1.165, 1.54) is 28.5 Å². The fraction of sp³-hybridized carbons (Fsp3) is 0.318. The van der Waals surface area contributed by atoms with E-state index >= 15 is 0 Å². The molecule has 7 heteroatoms. The number of carbonyl (C=O) groups excluding carboxylic acids is 1. The Labute approximate surface area is 180 Å². The maximum absolute atomic E-state index is 12.2. The van der Waals surface area contributed by atoms with Crippen LogP contribution < -0.4 is 5.32 Å². The summed E-state index contributed by atoms with van der Waals surface area (Å²) in [5.41, 5.74) is 4.57. The summed E-state index contributed by atoms with van der Waals surface area (Å²) in [4.78, 5) is 12.2. The van der Waals surface area contributed by atoms with Crippen LogP contribution in [0.15, 0.2) is 53.7 Å². The summed E-state index contributed by atoms with van der Waals surface area (Å²) in [6.45, 7) is 6.99. The number of hydrogen-bond donors (Lipinski definition) is 1. The first-order valence-electron chi connectivity index (χ1n) is 9.60. The maximum Gasteiger partial charge on any atom is 0.234 e. The van der Waals surface area contributed by atoms with Crippen molar-refractivity contribution in [1.82, 2.24) is 14.8 Å². The number of rotatable bonds is 9. The van der Waals surface area contributed by atoms with Gasteiger partial charge in [0, 0.05) is 18.0 Å². The summed E-state index contributed by atoms with van der Waals surface area (Å²) in [5.74, 6) is 2.96. The highest BCUT2D eigenvalue weighted by atomic mass is 32.2. The van der Waals surface area contributed by atoms with Crippen LogP contribution in [0.5, 0.6) is 0 Å². The first-order chi connectivity index (χ1) is 14.0. The van der Waals surface area contributed by atoms with Gasteiger partial charge in [-0.25, -0.2) is 0 Å². The van der Waals surface area contributed by atoms with Crippen molar-refractivity contribution in [2.24, 2.45) is 0 Å². The van der Waals surface area contributed by atoms with E-state index < -0.39 is 0 Å². The monoisotopic (exact) mass is 426 g/mol. The molecule has 2 aromatic carbocycles. The second kappa shape index (κ2) is 10.5. The van der Waals surface area contributed by atoms with E-state index in [2.05, 4.69) is 58.2 Å². The van der Waals surface area contributed by atoms with Crippen LogP contribution in [0.25, 0.3) is 0 Å². The Balaban J connectivity index is 1.51. The highest BCUT2D eigenvalue weighted by molar-refractivity contribution is 7.99. The van der Waals surface area contributed by atoms with Crippen molar-refractivity contribution in [2.75, 3.05) is 11.1 Å². The number of nitrogens with zero attached hydrogens (tertiary/aromatic N) is 3. The highest BCUT2D eigenvalue weighted by Gasteiger charge is 2.13. The van der Waals surface area contributed by atoms with Crippen molar-refractivity contribution < 1.29 is 4.79 Å². The molecule has 0 aliphatic heterocycles. The molecule has 152 valence electrons. The molecule has 0 bridgehead atoms. The van der Waals surface area contributed by atoms with Gasteiger partial charge in [0.2, 0.25) is 5.91 Å². The summed E-state index contributed by atoms with van der Waals surface area (Å²) in [7, 11) is 0. The Morgan fingerprint density at radius 2 is 1.62 bits per heavy atom. The summed E-state index contributed by atoms with van der Waals surface area (Å²) < 4.78 is 2.09. The molecule has 0 spiro atoms. The first kappa shape index (κ1) is 21.5. The van der Waals surface area contributed by atoms with Gasteiger partial charge in [0.1, 0.15) is 5.82 Å². The summed E-state index contributed by atoms with van der Waals surface area (Å²) >= 11 is 3.25. The molecule has 3 aromatic rings. The minimum Gasteiger partial charge on any atom is -0.325 e. The quantitative estimate of drug-likeness (QED) is 0.484. The summed E-state index contributed by atoms with van der Waals surface area (Å²) in [5, 5.41) is 12.3. The molecule has 1 N–H and O–H groups in total. The van der Waals surface area contributed by atoms with E-state index in [1.54, 1.807) is 0 Å². The van der Waals surface area contributed by atoms with Gasteiger partial charge in [-0.1, -0.05) is 59.3 Å². The van der Waals surface area contributed by atoms with Crippen molar-refractivity contribution in [3.05, 3.63) is 71.0 Å². The van der Waals surface area contributed by atoms with Crippen molar-refractivity contribution in [3.63, 3.8) is 0 Å². The third kappa shape index (κ3) is 6.37. The van der Waals surface area contributed by atoms with Crippen molar-refractivity contribution in [2.45, 2.75) is 44.0 Å². The zero-order valence-corrected chi connectivity index (χ0v) is 18.6. The molecular weight excluding hydrogens is 400 g/mol. The number of amides is 1. The Morgan fingerprint density at radius 1 is 0.966 bits per heavy atom. The van der Waals surface area contributed by atoms with E-state index in [0.717, 1.165) is 34.7 Å². The molecule has 0 aliphatic carbocycles. The number of hydrogen-bond acceptors (Lipinski definition) is 5. The van der Waals surface area contributed by atoms with Crippen LogP contribution in [-0.4, -0.2) is 26.4 Å². The van der Waals surface area contributed by atoms with Gasteiger partial charge in [-0.2, -0.15) is 0 Å². The van der Waals surface area contributed by atoms with E-state index in [-0.39, 0.29) is 5.91 Å². The fourth-order valence-corrected chi connectivity index (χ4v) is 4.51. The zero-order valence-electron chi connectivity index (χ0n) is 17.0. The number of aryl methyl sites for hydroxylation is 2. The van der Waals surface area contributed by atoms with Crippen LogP contribution >= 0.6 is 23.5 Å². The van der Waals surface area contributed by atoms with Crippen LogP contribution in [0.3, 0.4) is 0 Å². The van der Waals surface area contributed by atoms with Gasteiger partial charge < -0.3 is 9.88 Å². The molecule has 0 atom stereocenters. The van der Waals surface area contributed by atoms with Crippen LogP contribution in [0.4, 0.5) is 5.69 Å². The molecule has 1 amide bonds. The van der Waals surface area contributed by atoms with Crippen LogP contribution in [0.1, 0.15) is 29.4 Å². The average molecular weight is 427 g/mol. The number of nitrogens with one attached hydrogen (secondary N) is 1.